The predicted molar refractivity (Wildman–Crippen MR) is 85.4 cm³/mol. The van der Waals surface area contributed by atoms with Crippen LogP contribution in [0.2, 0.25) is 0 Å². The monoisotopic (exact) mass is 290 g/mol. The first-order valence-electron chi connectivity index (χ1n) is 7.29. The summed E-state index contributed by atoms with van der Waals surface area (Å²) < 4.78 is 0. The molecular formula is C16H22N2OS. The average molecular weight is 290 g/mol. The number of carbonyl (C=O) groups is 1. The van der Waals surface area contributed by atoms with E-state index in [1.807, 2.05) is 18.2 Å². The second-order valence-electron chi connectivity index (χ2n) is 5.45. The third-order valence-electron chi connectivity index (χ3n) is 3.94. The molecule has 2 rings (SSSR count). The van der Waals surface area contributed by atoms with Crippen molar-refractivity contribution in [2.75, 3.05) is 0 Å². The van der Waals surface area contributed by atoms with E-state index < -0.39 is 0 Å². The van der Waals surface area contributed by atoms with Crippen molar-refractivity contribution in [2.24, 2.45) is 11.7 Å². The van der Waals surface area contributed by atoms with Crippen LogP contribution in [0, 0.1) is 5.92 Å². The van der Waals surface area contributed by atoms with Crippen LogP contribution < -0.4 is 11.1 Å². The Balaban J connectivity index is 1.71. The molecule has 3 N–H and O–H groups in total. The lowest BCUT2D eigenvalue weighted by atomic mass is 10.0. The molecule has 2 unspecified atom stereocenters. The van der Waals surface area contributed by atoms with Gasteiger partial charge >= 0.3 is 0 Å². The number of hydrogen-bond acceptors (Lipinski definition) is 2. The maximum Gasteiger partial charge on any atom is 0.220 e. The number of hydrogen-bond donors (Lipinski definition) is 2. The van der Waals surface area contributed by atoms with Crippen LogP contribution in [0.1, 0.15) is 37.7 Å². The SMILES string of the molecule is NC(=S)C1CCCC1NC(=O)CCCc1ccccc1. The van der Waals surface area contributed by atoms with Crippen LogP contribution in [0.5, 0.6) is 0 Å². The lowest BCUT2D eigenvalue weighted by Gasteiger charge is -2.19. The summed E-state index contributed by atoms with van der Waals surface area (Å²) in [5.41, 5.74) is 7.00. The number of carbonyl (C=O) groups excluding carboxylic acids is 1. The molecule has 0 spiro atoms. The summed E-state index contributed by atoms with van der Waals surface area (Å²) in [5, 5.41) is 3.09. The van der Waals surface area contributed by atoms with E-state index in [0.717, 1.165) is 32.1 Å². The van der Waals surface area contributed by atoms with Crippen LogP contribution in [0.3, 0.4) is 0 Å². The van der Waals surface area contributed by atoms with E-state index in [2.05, 4.69) is 17.4 Å². The molecule has 0 heterocycles. The molecule has 3 nitrogen and oxygen atoms in total. The van der Waals surface area contributed by atoms with E-state index in [-0.39, 0.29) is 17.9 Å². The predicted octanol–water partition coefficient (Wildman–Crippen LogP) is 2.58. The van der Waals surface area contributed by atoms with Crippen molar-refractivity contribution in [1.82, 2.24) is 5.32 Å². The van der Waals surface area contributed by atoms with Gasteiger partial charge in [0.15, 0.2) is 0 Å². The molecule has 2 atom stereocenters. The Bertz CT molecular complexity index is 461. The van der Waals surface area contributed by atoms with Gasteiger partial charge in [0.1, 0.15) is 0 Å². The summed E-state index contributed by atoms with van der Waals surface area (Å²) in [6.45, 7) is 0. The fourth-order valence-electron chi connectivity index (χ4n) is 2.85. The van der Waals surface area contributed by atoms with Gasteiger partial charge in [0.05, 0.1) is 4.99 Å². The number of nitrogens with two attached hydrogens (primary N) is 1. The van der Waals surface area contributed by atoms with Gasteiger partial charge in [0, 0.05) is 18.4 Å². The molecule has 0 saturated heterocycles. The van der Waals surface area contributed by atoms with Gasteiger partial charge in [-0.1, -0.05) is 49.0 Å². The first-order chi connectivity index (χ1) is 9.66. The van der Waals surface area contributed by atoms with Gasteiger partial charge in [-0.25, -0.2) is 0 Å². The number of nitrogens with one attached hydrogen (secondary N) is 1. The van der Waals surface area contributed by atoms with Crippen LogP contribution in [-0.2, 0) is 11.2 Å². The number of benzene rings is 1. The van der Waals surface area contributed by atoms with Crippen LogP contribution >= 0.6 is 12.2 Å². The Kier molecular flexibility index (Phi) is 5.53. The third-order valence-corrected chi connectivity index (χ3v) is 4.24. The standard InChI is InChI=1S/C16H22N2OS/c17-16(20)13-9-5-10-14(13)18-15(19)11-4-8-12-6-2-1-3-7-12/h1-3,6-7,13-14H,4-5,8-11H2,(H2,17,20)(H,18,19). The van der Waals surface area contributed by atoms with Crippen LogP contribution in [0.25, 0.3) is 0 Å². The number of rotatable bonds is 6. The number of amides is 1. The smallest absolute Gasteiger partial charge is 0.220 e. The van der Waals surface area contributed by atoms with Gasteiger partial charge < -0.3 is 11.1 Å². The molecule has 0 radical (unpaired) electrons. The van der Waals surface area contributed by atoms with Crippen molar-refractivity contribution in [2.45, 2.75) is 44.6 Å². The molecule has 20 heavy (non-hydrogen) atoms. The highest BCUT2D eigenvalue weighted by atomic mass is 32.1. The van der Waals surface area contributed by atoms with Crippen molar-refractivity contribution < 1.29 is 4.79 Å². The fourth-order valence-corrected chi connectivity index (χ4v) is 3.13. The highest BCUT2D eigenvalue weighted by Crippen LogP contribution is 2.26. The topological polar surface area (TPSA) is 55.1 Å². The zero-order chi connectivity index (χ0) is 14.4. The van der Waals surface area contributed by atoms with Crippen molar-refractivity contribution in [3.63, 3.8) is 0 Å². The van der Waals surface area contributed by atoms with Gasteiger partial charge in [0.2, 0.25) is 5.91 Å². The second-order valence-corrected chi connectivity index (χ2v) is 5.92. The number of thiocarbonyl (C=S) groups is 1. The highest BCUT2D eigenvalue weighted by molar-refractivity contribution is 7.80. The Hall–Kier alpha value is -1.42. The van der Waals surface area contributed by atoms with E-state index in [9.17, 15) is 4.79 Å². The van der Waals surface area contributed by atoms with Gasteiger partial charge in [-0.2, -0.15) is 0 Å². The largest absolute Gasteiger partial charge is 0.393 e. The summed E-state index contributed by atoms with van der Waals surface area (Å²) in [6, 6.07) is 10.4. The Morgan fingerprint density at radius 2 is 2.05 bits per heavy atom. The van der Waals surface area contributed by atoms with Crippen LogP contribution in [0.15, 0.2) is 30.3 Å². The van der Waals surface area contributed by atoms with E-state index in [0.29, 0.717) is 11.4 Å². The van der Waals surface area contributed by atoms with E-state index in [1.54, 1.807) is 0 Å². The zero-order valence-electron chi connectivity index (χ0n) is 11.7. The molecule has 1 fully saturated rings. The molecule has 1 aliphatic carbocycles. The van der Waals surface area contributed by atoms with Gasteiger partial charge in [-0.3, -0.25) is 4.79 Å². The third kappa shape index (κ3) is 4.30. The lowest BCUT2D eigenvalue weighted by Crippen LogP contribution is -2.41. The minimum Gasteiger partial charge on any atom is -0.393 e. The second kappa shape index (κ2) is 7.39. The summed E-state index contributed by atoms with van der Waals surface area (Å²) in [5.74, 6) is 0.303. The van der Waals surface area contributed by atoms with Gasteiger partial charge in [-0.05, 0) is 31.2 Å². The zero-order valence-corrected chi connectivity index (χ0v) is 12.5. The Labute approximate surface area is 125 Å². The molecule has 1 saturated carbocycles. The molecular weight excluding hydrogens is 268 g/mol. The highest BCUT2D eigenvalue weighted by Gasteiger charge is 2.30. The minimum absolute atomic E-state index is 0.120. The Morgan fingerprint density at radius 3 is 2.75 bits per heavy atom. The van der Waals surface area contributed by atoms with E-state index in [4.69, 9.17) is 18.0 Å². The van der Waals surface area contributed by atoms with Crippen LogP contribution in [0.4, 0.5) is 0 Å². The maximum atomic E-state index is 12.0. The lowest BCUT2D eigenvalue weighted by molar-refractivity contribution is -0.122. The van der Waals surface area contributed by atoms with Crippen molar-refractivity contribution >= 4 is 23.1 Å². The Morgan fingerprint density at radius 1 is 1.30 bits per heavy atom. The first kappa shape index (κ1) is 15.0. The van der Waals surface area contributed by atoms with Gasteiger partial charge in [-0.15, -0.1) is 0 Å². The van der Waals surface area contributed by atoms with E-state index in [1.165, 1.54) is 5.56 Å². The minimum atomic E-state index is 0.120. The molecule has 1 aromatic carbocycles. The van der Waals surface area contributed by atoms with Gasteiger partial charge in [0.25, 0.3) is 0 Å². The normalized spacial score (nSPS) is 21.6. The molecule has 1 aliphatic rings. The summed E-state index contributed by atoms with van der Waals surface area (Å²) >= 11 is 5.06. The summed E-state index contributed by atoms with van der Waals surface area (Å²) in [4.78, 5) is 12.5. The summed E-state index contributed by atoms with van der Waals surface area (Å²) in [7, 11) is 0. The quantitative estimate of drug-likeness (QED) is 0.792. The molecule has 0 aliphatic heterocycles. The molecule has 1 aromatic rings. The molecule has 0 aromatic heterocycles. The average Bonchev–Trinajstić information content (AvgIpc) is 2.88. The van der Waals surface area contributed by atoms with Crippen molar-refractivity contribution in [3.8, 4) is 0 Å². The maximum absolute atomic E-state index is 12.0. The fraction of sp³-hybridized carbons (Fsp3) is 0.500. The molecule has 4 heteroatoms. The van der Waals surface area contributed by atoms with Crippen molar-refractivity contribution in [1.29, 1.82) is 0 Å². The number of aryl methyl sites for hydroxylation is 1. The molecule has 0 bridgehead atoms. The molecule has 108 valence electrons. The van der Waals surface area contributed by atoms with E-state index >= 15 is 0 Å². The first-order valence-corrected chi connectivity index (χ1v) is 7.70. The van der Waals surface area contributed by atoms with Crippen molar-refractivity contribution in [3.05, 3.63) is 35.9 Å². The van der Waals surface area contributed by atoms with Crippen LogP contribution in [-0.4, -0.2) is 16.9 Å². The summed E-state index contributed by atoms with van der Waals surface area (Å²) in [6.07, 6.45) is 5.47. The molecule has 1 amide bonds.